The Kier molecular flexibility index (Phi) is 4.10. The SMILES string of the molecule is Cc1ccc(-c2n[nH]c3c2C(c2cccs2)N(Cc2ccccc2)C3=O)cc1. The summed E-state index contributed by atoms with van der Waals surface area (Å²) < 4.78 is 0. The second-order valence-corrected chi connectivity index (χ2v) is 8.04. The molecule has 138 valence electrons. The van der Waals surface area contributed by atoms with Crippen molar-refractivity contribution in [1.82, 2.24) is 15.1 Å². The van der Waals surface area contributed by atoms with Gasteiger partial charge in [-0.05, 0) is 23.9 Å². The smallest absolute Gasteiger partial charge is 0.273 e. The fraction of sp³-hybridized carbons (Fsp3) is 0.130. The van der Waals surface area contributed by atoms with Crippen LogP contribution in [0, 0.1) is 6.92 Å². The van der Waals surface area contributed by atoms with Gasteiger partial charge in [-0.2, -0.15) is 5.10 Å². The monoisotopic (exact) mass is 385 g/mol. The first-order chi connectivity index (χ1) is 13.7. The van der Waals surface area contributed by atoms with Crippen LogP contribution in [0.1, 0.15) is 38.1 Å². The largest absolute Gasteiger partial charge is 0.321 e. The van der Waals surface area contributed by atoms with Crippen molar-refractivity contribution in [2.24, 2.45) is 0 Å². The molecule has 1 aliphatic rings. The van der Waals surface area contributed by atoms with Gasteiger partial charge >= 0.3 is 0 Å². The summed E-state index contributed by atoms with van der Waals surface area (Å²) in [6.45, 7) is 2.64. The summed E-state index contributed by atoms with van der Waals surface area (Å²) in [7, 11) is 0. The highest BCUT2D eigenvalue weighted by Gasteiger charge is 2.42. The predicted molar refractivity (Wildman–Crippen MR) is 111 cm³/mol. The van der Waals surface area contributed by atoms with Crippen LogP contribution in [0.2, 0.25) is 0 Å². The molecule has 1 N–H and O–H groups in total. The van der Waals surface area contributed by atoms with E-state index in [9.17, 15) is 4.79 Å². The van der Waals surface area contributed by atoms with Gasteiger partial charge < -0.3 is 4.90 Å². The van der Waals surface area contributed by atoms with Gasteiger partial charge in [-0.15, -0.1) is 11.3 Å². The van der Waals surface area contributed by atoms with E-state index in [0.717, 1.165) is 27.3 Å². The molecule has 0 saturated heterocycles. The minimum atomic E-state index is -0.127. The van der Waals surface area contributed by atoms with E-state index < -0.39 is 0 Å². The topological polar surface area (TPSA) is 49.0 Å². The lowest BCUT2D eigenvalue weighted by atomic mass is 10.00. The Labute approximate surface area is 167 Å². The summed E-state index contributed by atoms with van der Waals surface area (Å²) >= 11 is 1.67. The molecule has 4 aromatic rings. The number of benzene rings is 2. The van der Waals surface area contributed by atoms with Gasteiger partial charge in [0.2, 0.25) is 0 Å². The molecule has 3 heterocycles. The highest BCUT2D eigenvalue weighted by atomic mass is 32.1. The molecule has 4 nitrogen and oxygen atoms in total. The molecule has 5 heteroatoms. The lowest BCUT2D eigenvalue weighted by Gasteiger charge is -2.25. The molecule has 0 radical (unpaired) electrons. The van der Waals surface area contributed by atoms with E-state index in [-0.39, 0.29) is 11.9 Å². The van der Waals surface area contributed by atoms with Crippen LogP contribution < -0.4 is 0 Å². The van der Waals surface area contributed by atoms with Crippen LogP contribution >= 0.6 is 11.3 Å². The number of fused-ring (bicyclic) bond motifs is 1. The Bertz CT molecular complexity index is 1110. The molecular weight excluding hydrogens is 366 g/mol. The van der Waals surface area contributed by atoms with Gasteiger partial charge in [0.1, 0.15) is 5.69 Å². The van der Waals surface area contributed by atoms with Crippen LogP contribution in [0.5, 0.6) is 0 Å². The number of carbonyl (C=O) groups excluding carboxylic acids is 1. The number of aryl methyl sites for hydroxylation is 1. The van der Waals surface area contributed by atoms with Gasteiger partial charge in [0.15, 0.2) is 0 Å². The number of thiophene rings is 1. The van der Waals surface area contributed by atoms with Crippen LogP contribution in [0.3, 0.4) is 0 Å². The molecule has 28 heavy (non-hydrogen) atoms. The summed E-state index contributed by atoms with van der Waals surface area (Å²) in [6.07, 6.45) is 0. The van der Waals surface area contributed by atoms with Crippen molar-refractivity contribution in [3.8, 4) is 11.3 Å². The molecule has 2 aromatic carbocycles. The zero-order valence-electron chi connectivity index (χ0n) is 15.4. The van der Waals surface area contributed by atoms with Crippen LogP contribution in [-0.4, -0.2) is 21.0 Å². The van der Waals surface area contributed by atoms with Crippen molar-refractivity contribution >= 4 is 17.2 Å². The lowest BCUT2D eigenvalue weighted by Crippen LogP contribution is -2.28. The third-order valence-corrected chi connectivity index (χ3v) is 6.12. The van der Waals surface area contributed by atoms with E-state index in [4.69, 9.17) is 0 Å². The van der Waals surface area contributed by atoms with E-state index >= 15 is 0 Å². The predicted octanol–water partition coefficient (Wildman–Crippen LogP) is 5.19. The van der Waals surface area contributed by atoms with Gasteiger partial charge in [-0.3, -0.25) is 9.89 Å². The Hall–Kier alpha value is -3.18. The van der Waals surface area contributed by atoms with Crippen molar-refractivity contribution < 1.29 is 4.79 Å². The fourth-order valence-corrected chi connectivity index (χ4v) is 4.66. The minimum Gasteiger partial charge on any atom is -0.321 e. The number of rotatable bonds is 4. The second kappa shape index (κ2) is 6.77. The Morgan fingerprint density at radius 1 is 1.04 bits per heavy atom. The van der Waals surface area contributed by atoms with E-state index in [0.29, 0.717) is 12.2 Å². The molecule has 1 amide bonds. The molecule has 0 fully saturated rings. The maximum absolute atomic E-state index is 13.3. The normalized spacial score (nSPS) is 15.8. The number of aromatic amines is 1. The minimum absolute atomic E-state index is 0.00288. The summed E-state index contributed by atoms with van der Waals surface area (Å²) in [4.78, 5) is 16.4. The van der Waals surface area contributed by atoms with Gasteiger partial charge in [0, 0.05) is 22.5 Å². The van der Waals surface area contributed by atoms with Crippen molar-refractivity contribution in [1.29, 1.82) is 0 Å². The summed E-state index contributed by atoms with van der Waals surface area (Å²) in [5.74, 6) is 0.00288. The summed E-state index contributed by atoms with van der Waals surface area (Å²) in [6, 6.07) is 22.4. The van der Waals surface area contributed by atoms with Gasteiger partial charge in [0.25, 0.3) is 5.91 Å². The molecule has 0 spiro atoms. The van der Waals surface area contributed by atoms with Gasteiger partial charge in [-0.1, -0.05) is 66.2 Å². The molecule has 0 saturated carbocycles. The average molecular weight is 385 g/mol. The highest BCUT2D eigenvalue weighted by molar-refractivity contribution is 7.10. The number of hydrogen-bond acceptors (Lipinski definition) is 3. The molecule has 2 aromatic heterocycles. The van der Waals surface area contributed by atoms with Gasteiger partial charge in [-0.25, -0.2) is 0 Å². The number of H-pyrrole nitrogens is 1. The number of amides is 1. The quantitative estimate of drug-likeness (QED) is 0.525. The lowest BCUT2D eigenvalue weighted by molar-refractivity contribution is 0.0732. The number of carbonyl (C=O) groups is 1. The fourth-order valence-electron chi connectivity index (χ4n) is 3.81. The first kappa shape index (κ1) is 17.0. The third kappa shape index (κ3) is 2.75. The zero-order valence-corrected chi connectivity index (χ0v) is 16.2. The number of nitrogens with zero attached hydrogens (tertiary/aromatic N) is 2. The highest BCUT2D eigenvalue weighted by Crippen LogP contribution is 2.44. The molecule has 1 atom stereocenters. The maximum Gasteiger partial charge on any atom is 0.273 e. The number of hydrogen-bond donors (Lipinski definition) is 1. The third-order valence-electron chi connectivity index (χ3n) is 5.20. The average Bonchev–Trinajstić information content (AvgIpc) is 3.43. The van der Waals surface area contributed by atoms with Crippen LogP contribution in [0.4, 0.5) is 0 Å². The first-order valence-corrected chi connectivity index (χ1v) is 10.1. The van der Waals surface area contributed by atoms with E-state index in [1.165, 1.54) is 5.56 Å². The Morgan fingerprint density at radius 3 is 2.54 bits per heavy atom. The molecule has 0 aliphatic carbocycles. The van der Waals surface area contributed by atoms with Crippen molar-refractivity contribution in [2.75, 3.05) is 0 Å². The van der Waals surface area contributed by atoms with E-state index in [1.54, 1.807) is 11.3 Å². The van der Waals surface area contributed by atoms with Crippen molar-refractivity contribution in [2.45, 2.75) is 19.5 Å². The van der Waals surface area contributed by atoms with E-state index in [1.807, 2.05) is 29.2 Å². The maximum atomic E-state index is 13.3. The number of nitrogens with one attached hydrogen (secondary N) is 1. The molecule has 1 aliphatic heterocycles. The Balaban J connectivity index is 1.63. The van der Waals surface area contributed by atoms with Crippen molar-refractivity contribution in [3.05, 3.63) is 99.4 Å². The summed E-state index contributed by atoms with van der Waals surface area (Å²) in [5, 5.41) is 9.60. The summed E-state index contributed by atoms with van der Waals surface area (Å²) in [5.41, 5.74) is 5.79. The second-order valence-electron chi connectivity index (χ2n) is 7.06. The van der Waals surface area contributed by atoms with Crippen LogP contribution in [0.15, 0.2) is 72.1 Å². The van der Waals surface area contributed by atoms with E-state index in [2.05, 4.69) is 65.0 Å². The van der Waals surface area contributed by atoms with Crippen LogP contribution in [0.25, 0.3) is 11.3 Å². The molecule has 5 rings (SSSR count). The zero-order chi connectivity index (χ0) is 19.1. The van der Waals surface area contributed by atoms with Crippen LogP contribution in [-0.2, 0) is 6.54 Å². The molecule has 0 bridgehead atoms. The Morgan fingerprint density at radius 2 is 1.82 bits per heavy atom. The standard InChI is InChI=1S/C23H19N3OS/c1-15-9-11-17(12-10-15)20-19-21(25-24-20)23(27)26(14-16-6-3-2-4-7-16)22(19)18-8-5-13-28-18/h2-13,22H,14H2,1H3,(H,24,25). The molecule has 1 unspecified atom stereocenters. The van der Waals surface area contributed by atoms with Crippen molar-refractivity contribution in [3.63, 3.8) is 0 Å². The number of aromatic nitrogens is 2. The van der Waals surface area contributed by atoms with Gasteiger partial charge in [0.05, 0.1) is 11.7 Å². The molecular formula is C23H19N3OS. The first-order valence-electron chi connectivity index (χ1n) is 9.26.